The van der Waals surface area contributed by atoms with Gasteiger partial charge in [-0.25, -0.2) is 4.39 Å². The molecule has 0 aromatic heterocycles. The number of anilines is 2. The summed E-state index contributed by atoms with van der Waals surface area (Å²) in [6, 6.07) is 12.7. The van der Waals surface area contributed by atoms with Gasteiger partial charge < -0.3 is 15.4 Å². The van der Waals surface area contributed by atoms with E-state index in [-0.39, 0.29) is 30.2 Å². The fourth-order valence-electron chi connectivity index (χ4n) is 2.64. The summed E-state index contributed by atoms with van der Waals surface area (Å²) >= 11 is 0. The third-order valence-electron chi connectivity index (χ3n) is 3.94. The number of carbonyl (C=O) groups is 2. The molecule has 1 fully saturated rings. The lowest BCUT2D eigenvalue weighted by Crippen LogP contribution is -2.26. The summed E-state index contributed by atoms with van der Waals surface area (Å²) in [5.41, 5.74) is 2.01. The van der Waals surface area contributed by atoms with Gasteiger partial charge in [-0.05, 0) is 54.8 Å². The van der Waals surface area contributed by atoms with Crippen LogP contribution >= 0.6 is 0 Å². The number of hydrogen-bond acceptors (Lipinski definition) is 3. The van der Waals surface area contributed by atoms with Gasteiger partial charge in [0.05, 0.1) is 6.42 Å². The van der Waals surface area contributed by atoms with Crippen molar-refractivity contribution in [2.75, 3.05) is 17.2 Å². The van der Waals surface area contributed by atoms with E-state index in [0.717, 1.165) is 18.4 Å². The molecule has 2 aromatic carbocycles. The monoisotopic (exact) mass is 342 g/mol. The van der Waals surface area contributed by atoms with E-state index in [1.807, 2.05) is 0 Å². The van der Waals surface area contributed by atoms with Crippen LogP contribution in [0.2, 0.25) is 0 Å². The molecule has 0 radical (unpaired) electrons. The Morgan fingerprint density at radius 2 is 1.64 bits per heavy atom. The van der Waals surface area contributed by atoms with Gasteiger partial charge in [-0.3, -0.25) is 9.59 Å². The Labute approximate surface area is 145 Å². The van der Waals surface area contributed by atoms with E-state index in [1.54, 1.807) is 36.4 Å². The van der Waals surface area contributed by atoms with Crippen molar-refractivity contribution in [1.29, 1.82) is 0 Å². The molecule has 2 amide bonds. The number of carbonyl (C=O) groups excluding carboxylic acids is 2. The second-order valence-corrected chi connectivity index (χ2v) is 5.92. The molecule has 0 spiro atoms. The van der Waals surface area contributed by atoms with Crippen molar-refractivity contribution < 1.29 is 18.7 Å². The maximum atomic E-state index is 12.9. The van der Waals surface area contributed by atoms with Crippen molar-refractivity contribution in [3.05, 3.63) is 59.9 Å². The van der Waals surface area contributed by atoms with Gasteiger partial charge in [0.1, 0.15) is 11.9 Å². The van der Waals surface area contributed by atoms with E-state index in [0.29, 0.717) is 18.0 Å². The number of ether oxygens (including phenoxy) is 1. The Hall–Kier alpha value is -2.73. The highest BCUT2D eigenvalue weighted by Crippen LogP contribution is 2.17. The fraction of sp³-hybridized carbons (Fsp3) is 0.263. The minimum atomic E-state index is -0.380. The van der Waals surface area contributed by atoms with Gasteiger partial charge in [0, 0.05) is 18.0 Å². The van der Waals surface area contributed by atoms with Crippen LogP contribution in [0.1, 0.15) is 18.4 Å². The van der Waals surface area contributed by atoms with Crippen LogP contribution in [-0.4, -0.2) is 24.5 Å². The van der Waals surface area contributed by atoms with Crippen molar-refractivity contribution in [3.8, 4) is 0 Å². The van der Waals surface area contributed by atoms with Gasteiger partial charge in [-0.2, -0.15) is 0 Å². The van der Waals surface area contributed by atoms with E-state index in [2.05, 4.69) is 10.6 Å². The summed E-state index contributed by atoms with van der Waals surface area (Å²) in [7, 11) is 0. The average molecular weight is 342 g/mol. The van der Waals surface area contributed by atoms with Crippen molar-refractivity contribution in [3.63, 3.8) is 0 Å². The van der Waals surface area contributed by atoms with Crippen molar-refractivity contribution in [2.45, 2.75) is 25.4 Å². The quantitative estimate of drug-likeness (QED) is 0.877. The normalized spacial score (nSPS) is 16.4. The average Bonchev–Trinajstić information content (AvgIpc) is 3.13. The van der Waals surface area contributed by atoms with Gasteiger partial charge in [-0.1, -0.05) is 12.1 Å². The molecule has 2 N–H and O–H groups in total. The van der Waals surface area contributed by atoms with Crippen molar-refractivity contribution >= 4 is 23.2 Å². The minimum Gasteiger partial charge on any atom is -0.368 e. The van der Waals surface area contributed by atoms with Crippen LogP contribution in [0.15, 0.2) is 48.5 Å². The van der Waals surface area contributed by atoms with E-state index < -0.39 is 0 Å². The summed E-state index contributed by atoms with van der Waals surface area (Å²) in [5, 5.41) is 5.57. The number of hydrogen-bond donors (Lipinski definition) is 2. The van der Waals surface area contributed by atoms with Gasteiger partial charge in [0.15, 0.2) is 0 Å². The van der Waals surface area contributed by atoms with Crippen LogP contribution < -0.4 is 10.6 Å². The maximum absolute atomic E-state index is 12.9. The highest BCUT2D eigenvalue weighted by Gasteiger charge is 2.23. The molecule has 0 bridgehead atoms. The first-order chi connectivity index (χ1) is 12.1. The van der Waals surface area contributed by atoms with Crippen LogP contribution in [0, 0.1) is 5.82 Å². The van der Waals surface area contributed by atoms with E-state index >= 15 is 0 Å². The molecule has 2 aromatic rings. The first-order valence-electron chi connectivity index (χ1n) is 8.17. The van der Waals surface area contributed by atoms with E-state index in [9.17, 15) is 14.0 Å². The Morgan fingerprint density at radius 3 is 2.24 bits per heavy atom. The molecule has 130 valence electrons. The molecule has 3 rings (SSSR count). The SMILES string of the molecule is O=C(Cc1ccc(F)cc1)Nc1ccc(NC(=O)[C@@H]2CCCO2)cc1. The van der Waals surface area contributed by atoms with Gasteiger partial charge in [0.25, 0.3) is 5.91 Å². The predicted octanol–water partition coefficient (Wildman–Crippen LogP) is 3.12. The first-order valence-corrected chi connectivity index (χ1v) is 8.17. The molecule has 0 saturated carbocycles. The first kappa shape index (κ1) is 17.1. The standard InChI is InChI=1S/C19H19FN2O3/c20-14-5-3-13(4-6-14)12-18(23)21-15-7-9-16(10-8-15)22-19(24)17-2-1-11-25-17/h3-10,17H,1-2,11-12H2,(H,21,23)(H,22,24)/t17-/m0/s1. The molecule has 1 saturated heterocycles. The molecule has 0 unspecified atom stereocenters. The molecule has 0 aliphatic carbocycles. The number of benzene rings is 2. The molecular formula is C19H19FN2O3. The van der Waals surface area contributed by atoms with Crippen LogP contribution in [0.4, 0.5) is 15.8 Å². The molecule has 1 aliphatic rings. The predicted molar refractivity (Wildman–Crippen MR) is 92.8 cm³/mol. The Bertz CT molecular complexity index is 738. The van der Waals surface area contributed by atoms with Gasteiger partial charge in [-0.15, -0.1) is 0 Å². The number of halogens is 1. The summed E-state index contributed by atoms with van der Waals surface area (Å²) in [6.45, 7) is 0.622. The summed E-state index contributed by atoms with van der Waals surface area (Å²) in [4.78, 5) is 24.0. The fourth-order valence-corrected chi connectivity index (χ4v) is 2.64. The van der Waals surface area contributed by atoms with Crippen molar-refractivity contribution in [2.24, 2.45) is 0 Å². The largest absolute Gasteiger partial charge is 0.368 e. The number of nitrogens with one attached hydrogen (secondary N) is 2. The lowest BCUT2D eigenvalue weighted by molar-refractivity contribution is -0.124. The molecule has 1 aliphatic heterocycles. The number of amides is 2. The third-order valence-corrected chi connectivity index (χ3v) is 3.94. The smallest absolute Gasteiger partial charge is 0.253 e. The van der Waals surface area contributed by atoms with Crippen LogP contribution in [-0.2, 0) is 20.7 Å². The Morgan fingerprint density at radius 1 is 1.00 bits per heavy atom. The summed E-state index contributed by atoms with van der Waals surface area (Å²) < 4.78 is 18.2. The molecular weight excluding hydrogens is 323 g/mol. The van der Waals surface area contributed by atoms with Crippen LogP contribution in [0.25, 0.3) is 0 Å². The second kappa shape index (κ2) is 7.90. The topological polar surface area (TPSA) is 67.4 Å². The second-order valence-electron chi connectivity index (χ2n) is 5.92. The Balaban J connectivity index is 1.52. The maximum Gasteiger partial charge on any atom is 0.253 e. The van der Waals surface area contributed by atoms with Crippen LogP contribution in [0.5, 0.6) is 0 Å². The molecule has 6 heteroatoms. The van der Waals surface area contributed by atoms with Gasteiger partial charge in [0.2, 0.25) is 5.91 Å². The molecule has 25 heavy (non-hydrogen) atoms. The van der Waals surface area contributed by atoms with E-state index in [4.69, 9.17) is 4.74 Å². The zero-order valence-corrected chi connectivity index (χ0v) is 13.6. The highest BCUT2D eigenvalue weighted by molar-refractivity contribution is 5.95. The summed E-state index contributed by atoms with van der Waals surface area (Å²) in [6.07, 6.45) is 1.42. The molecule has 1 atom stereocenters. The lowest BCUT2D eigenvalue weighted by Gasteiger charge is -2.11. The molecule has 1 heterocycles. The Kier molecular flexibility index (Phi) is 5.40. The third kappa shape index (κ3) is 4.87. The minimum absolute atomic E-state index is 0.148. The molecule has 5 nitrogen and oxygen atoms in total. The van der Waals surface area contributed by atoms with E-state index in [1.165, 1.54) is 12.1 Å². The zero-order valence-electron chi connectivity index (χ0n) is 13.6. The van der Waals surface area contributed by atoms with Crippen molar-refractivity contribution in [1.82, 2.24) is 0 Å². The highest BCUT2D eigenvalue weighted by atomic mass is 19.1. The van der Waals surface area contributed by atoms with Gasteiger partial charge >= 0.3 is 0 Å². The lowest BCUT2D eigenvalue weighted by atomic mass is 10.1. The zero-order chi connectivity index (χ0) is 17.6. The summed E-state index contributed by atoms with van der Waals surface area (Å²) in [5.74, 6) is -0.668. The van der Waals surface area contributed by atoms with Crippen LogP contribution in [0.3, 0.4) is 0 Å². The number of rotatable bonds is 5.